The van der Waals surface area contributed by atoms with Gasteiger partial charge in [0, 0.05) is 13.2 Å². The van der Waals surface area contributed by atoms with Gasteiger partial charge in [-0.3, -0.25) is 0 Å². The van der Waals surface area contributed by atoms with Crippen LogP contribution in [0.3, 0.4) is 0 Å². The second-order valence-corrected chi connectivity index (χ2v) is 2.46. The van der Waals surface area contributed by atoms with Crippen LogP contribution in [0.4, 0.5) is 0 Å². The molecule has 1 rings (SSSR count). The predicted molar refractivity (Wildman–Crippen MR) is 54.2 cm³/mol. The third-order valence-electron chi connectivity index (χ3n) is 1.39. The van der Waals surface area contributed by atoms with E-state index in [9.17, 15) is 0 Å². The van der Waals surface area contributed by atoms with Crippen LogP contribution in [-0.2, 0) is 27.7 Å². The molecule has 0 spiro atoms. The number of benzene rings is 1. The van der Waals surface area contributed by atoms with E-state index in [4.69, 9.17) is 4.74 Å². The van der Waals surface area contributed by atoms with Crippen molar-refractivity contribution in [2.75, 3.05) is 6.61 Å². The fourth-order valence-electron chi connectivity index (χ4n) is 0.855. The Balaban J connectivity index is 0.000000671. The zero-order chi connectivity index (χ0) is 9.94. The number of hydrogen-bond acceptors (Lipinski definition) is 1. The minimum absolute atomic E-state index is 0.713. The summed E-state index contributed by atoms with van der Waals surface area (Å²) in [6.45, 7) is 3.66. The Morgan fingerprint density at radius 2 is 2.31 bits per heavy atom. The van der Waals surface area contributed by atoms with Gasteiger partial charge in [-0.1, -0.05) is 6.92 Å². The van der Waals surface area contributed by atoms with Gasteiger partial charge in [0.15, 0.2) is 0 Å². The van der Waals surface area contributed by atoms with Gasteiger partial charge in [-0.15, -0.1) is 5.56 Å². The van der Waals surface area contributed by atoms with Gasteiger partial charge in [0.25, 0.3) is 0 Å². The normalized spacial score (nSPS) is 8.92. The molecule has 0 aliphatic carbocycles. The minimum atomic E-state index is 0.713. The average molecular weight is 295 g/mol. The van der Waals surface area contributed by atoms with Crippen LogP contribution in [0.2, 0.25) is 0 Å². The summed E-state index contributed by atoms with van der Waals surface area (Å²) in [6.07, 6.45) is 1.08. The van der Waals surface area contributed by atoms with Gasteiger partial charge in [0.2, 0.25) is 0 Å². The molecule has 0 N–H and O–H groups in total. The average Bonchev–Trinajstić information content (AvgIpc) is 2.23. The standard InChI is InChI=1S/C10H13O.BrH.Zn/c1-2-8-11-9-10-6-4-3-5-7-10;;/h3-4,6-7H,2,8-9H2,1H3;1H;/q-1;;+2/p-1. The first-order valence-corrected chi connectivity index (χ1v) is 11.2. The van der Waals surface area contributed by atoms with Crippen molar-refractivity contribution in [3.05, 3.63) is 35.9 Å². The number of ether oxygens (including phenoxy) is 1. The zero-order valence-electron chi connectivity index (χ0n) is 7.92. The summed E-state index contributed by atoms with van der Waals surface area (Å²) in [4.78, 5) is 0. The summed E-state index contributed by atoms with van der Waals surface area (Å²) in [6, 6.07) is 10.9. The fraction of sp³-hybridized carbons (Fsp3) is 0.400. The van der Waals surface area contributed by atoms with Gasteiger partial charge in [-0.25, -0.2) is 0 Å². The molecule has 0 unspecified atom stereocenters. The molecule has 0 aliphatic heterocycles. The van der Waals surface area contributed by atoms with Crippen molar-refractivity contribution in [3.63, 3.8) is 0 Å². The van der Waals surface area contributed by atoms with Crippen LogP contribution in [0.1, 0.15) is 18.9 Å². The molecular weight excluding hydrogens is 281 g/mol. The van der Waals surface area contributed by atoms with Crippen LogP contribution in [0, 0.1) is 6.07 Å². The Morgan fingerprint density at radius 3 is 2.85 bits per heavy atom. The van der Waals surface area contributed by atoms with Crippen LogP contribution in [0.5, 0.6) is 0 Å². The van der Waals surface area contributed by atoms with E-state index in [-0.39, 0.29) is 0 Å². The van der Waals surface area contributed by atoms with Gasteiger partial charge >= 0.3 is 30.0 Å². The second kappa shape index (κ2) is 10.4. The van der Waals surface area contributed by atoms with Crippen LogP contribution in [0.25, 0.3) is 0 Å². The third kappa shape index (κ3) is 7.36. The molecule has 0 aliphatic rings. The molecule has 0 fully saturated rings. The number of halogens is 1. The third-order valence-corrected chi connectivity index (χ3v) is 1.39. The monoisotopic (exact) mass is 292 g/mol. The molecule has 0 heterocycles. The molecule has 0 radical (unpaired) electrons. The Bertz CT molecular complexity index is 191. The van der Waals surface area contributed by atoms with Gasteiger partial charge < -0.3 is 4.74 Å². The SMILES string of the molecule is CCCOCc1c[c-]ccc1.[Zn+][Br]. The van der Waals surface area contributed by atoms with E-state index >= 15 is 0 Å². The Kier molecular flexibility index (Phi) is 10.6. The maximum atomic E-state index is 5.35. The van der Waals surface area contributed by atoms with Crippen molar-refractivity contribution < 1.29 is 21.1 Å². The van der Waals surface area contributed by atoms with E-state index in [1.807, 2.05) is 24.3 Å². The number of hydrogen-bond donors (Lipinski definition) is 0. The molecule has 1 nitrogen and oxygen atoms in total. The van der Waals surface area contributed by atoms with Crippen LogP contribution >= 0.6 is 13.6 Å². The van der Waals surface area contributed by atoms with E-state index in [0.29, 0.717) is 6.61 Å². The van der Waals surface area contributed by atoms with Crippen molar-refractivity contribution in [3.8, 4) is 0 Å². The Hall–Kier alpha value is 0.283. The van der Waals surface area contributed by atoms with Crippen molar-refractivity contribution in [1.82, 2.24) is 0 Å². The van der Waals surface area contributed by atoms with E-state index in [0.717, 1.165) is 13.0 Å². The fourth-order valence-corrected chi connectivity index (χ4v) is 0.855. The van der Waals surface area contributed by atoms with Crippen LogP contribution in [0.15, 0.2) is 24.3 Å². The molecule has 0 atom stereocenters. The molecule has 0 saturated carbocycles. The Morgan fingerprint density at radius 1 is 1.54 bits per heavy atom. The number of rotatable bonds is 4. The Labute approximate surface area is 96.9 Å². The molecule has 0 amide bonds. The molecule has 68 valence electrons. The maximum absolute atomic E-state index is 5.35. The summed E-state index contributed by atoms with van der Waals surface area (Å²) in [5, 5.41) is 0. The molecule has 0 aromatic heterocycles. The molecule has 0 saturated heterocycles. The molecule has 1 aromatic carbocycles. The van der Waals surface area contributed by atoms with Crippen LogP contribution in [-0.4, -0.2) is 6.61 Å². The summed E-state index contributed by atoms with van der Waals surface area (Å²) in [5.41, 5.74) is 1.20. The van der Waals surface area contributed by atoms with E-state index < -0.39 is 0 Å². The second-order valence-electron chi connectivity index (χ2n) is 2.46. The van der Waals surface area contributed by atoms with Crippen molar-refractivity contribution in [2.24, 2.45) is 0 Å². The first kappa shape index (κ1) is 13.3. The zero-order valence-corrected chi connectivity index (χ0v) is 12.5. The summed E-state index contributed by atoms with van der Waals surface area (Å²) < 4.78 is 5.35. The van der Waals surface area contributed by atoms with Gasteiger partial charge in [-0.05, 0) is 6.42 Å². The van der Waals surface area contributed by atoms with Gasteiger partial charge in [-0.2, -0.15) is 30.3 Å². The van der Waals surface area contributed by atoms with Crippen molar-refractivity contribution in [1.29, 1.82) is 0 Å². The molecule has 0 bridgehead atoms. The van der Waals surface area contributed by atoms with Gasteiger partial charge in [0.05, 0.1) is 0 Å². The molecule has 3 heteroatoms. The molecule has 1 aromatic rings. The van der Waals surface area contributed by atoms with E-state index in [1.165, 1.54) is 21.9 Å². The van der Waals surface area contributed by atoms with E-state index in [2.05, 4.69) is 26.6 Å². The molecular formula is C10H13BrOZn. The predicted octanol–water partition coefficient (Wildman–Crippen LogP) is 3.26. The van der Waals surface area contributed by atoms with Crippen molar-refractivity contribution in [2.45, 2.75) is 20.0 Å². The topological polar surface area (TPSA) is 9.23 Å². The first-order chi connectivity index (χ1) is 6.43. The van der Waals surface area contributed by atoms with Gasteiger partial charge in [0.1, 0.15) is 0 Å². The van der Waals surface area contributed by atoms with E-state index in [1.54, 1.807) is 0 Å². The molecule has 13 heavy (non-hydrogen) atoms. The summed E-state index contributed by atoms with van der Waals surface area (Å²) in [7, 11) is 0. The summed E-state index contributed by atoms with van der Waals surface area (Å²) in [5.74, 6) is 0. The first-order valence-electron chi connectivity index (χ1n) is 4.23. The van der Waals surface area contributed by atoms with Crippen molar-refractivity contribution >= 4 is 13.6 Å². The quantitative estimate of drug-likeness (QED) is 0.470. The summed E-state index contributed by atoms with van der Waals surface area (Å²) >= 11 is 4.25. The van der Waals surface area contributed by atoms with Crippen LogP contribution < -0.4 is 0 Å².